The van der Waals surface area contributed by atoms with Gasteiger partial charge in [-0.15, -0.1) is 0 Å². The van der Waals surface area contributed by atoms with E-state index in [9.17, 15) is 14.7 Å². The minimum absolute atomic E-state index is 0.317. The maximum atomic E-state index is 11.8. The summed E-state index contributed by atoms with van der Waals surface area (Å²) in [7, 11) is 0. The number of rotatable bonds is 7. The van der Waals surface area contributed by atoms with Crippen LogP contribution in [0, 0.1) is 11.3 Å². The average molecular weight is 272 g/mol. The van der Waals surface area contributed by atoms with Crippen molar-refractivity contribution >= 4 is 12.0 Å². The van der Waals surface area contributed by atoms with Gasteiger partial charge in [0.25, 0.3) is 0 Å². The van der Waals surface area contributed by atoms with Crippen LogP contribution in [-0.4, -0.2) is 29.2 Å². The fraction of sp³-hybridized carbons (Fsp3) is 0.857. The SMILES string of the molecule is CC(C)CCCNC(=O)NC(C)(C)C(C)(C)C(=O)O. The number of hydrogen-bond donors (Lipinski definition) is 3. The predicted octanol–water partition coefficient (Wildman–Crippen LogP) is 2.61. The van der Waals surface area contributed by atoms with E-state index in [1.807, 2.05) is 0 Å². The molecule has 0 spiro atoms. The zero-order valence-corrected chi connectivity index (χ0v) is 13.0. The first-order valence-electron chi connectivity index (χ1n) is 6.80. The molecular weight excluding hydrogens is 244 g/mol. The highest BCUT2D eigenvalue weighted by molar-refractivity contribution is 5.79. The molecule has 0 fully saturated rings. The van der Waals surface area contributed by atoms with Crippen LogP contribution in [0.25, 0.3) is 0 Å². The highest BCUT2D eigenvalue weighted by atomic mass is 16.4. The fourth-order valence-corrected chi connectivity index (χ4v) is 1.46. The van der Waals surface area contributed by atoms with Crippen LogP contribution in [0.4, 0.5) is 4.79 Å². The summed E-state index contributed by atoms with van der Waals surface area (Å²) in [4.78, 5) is 23.0. The number of carbonyl (C=O) groups is 2. The van der Waals surface area contributed by atoms with Crippen LogP contribution in [-0.2, 0) is 4.79 Å². The molecule has 0 aromatic carbocycles. The average Bonchev–Trinajstić information content (AvgIpc) is 2.23. The van der Waals surface area contributed by atoms with Gasteiger partial charge in [0.05, 0.1) is 11.0 Å². The van der Waals surface area contributed by atoms with Crippen molar-refractivity contribution in [3.8, 4) is 0 Å². The number of carboxylic acids is 1. The largest absolute Gasteiger partial charge is 0.481 e. The Hall–Kier alpha value is -1.26. The Balaban J connectivity index is 4.28. The Bertz CT molecular complexity index is 323. The standard InChI is InChI=1S/C14H28N2O3/c1-10(2)8-7-9-15-12(19)16-14(5,6)13(3,4)11(17)18/h10H,7-9H2,1-6H3,(H,17,18)(H2,15,16,19). The van der Waals surface area contributed by atoms with Crippen molar-refractivity contribution in [2.24, 2.45) is 11.3 Å². The number of nitrogens with one attached hydrogen (secondary N) is 2. The Labute approximate surface area is 116 Å². The lowest BCUT2D eigenvalue weighted by Gasteiger charge is -2.38. The Morgan fingerprint density at radius 3 is 2.11 bits per heavy atom. The van der Waals surface area contributed by atoms with Gasteiger partial charge in [-0.2, -0.15) is 0 Å². The number of aliphatic carboxylic acids is 1. The van der Waals surface area contributed by atoms with Crippen molar-refractivity contribution in [2.45, 2.75) is 59.9 Å². The zero-order valence-electron chi connectivity index (χ0n) is 13.0. The number of carboxylic acid groups (broad SMARTS) is 1. The molecule has 0 saturated heterocycles. The lowest BCUT2D eigenvalue weighted by atomic mass is 9.74. The number of urea groups is 1. The third kappa shape index (κ3) is 5.49. The summed E-state index contributed by atoms with van der Waals surface area (Å²) < 4.78 is 0. The molecule has 0 bridgehead atoms. The third-order valence-electron chi connectivity index (χ3n) is 3.77. The van der Waals surface area contributed by atoms with Crippen molar-refractivity contribution < 1.29 is 14.7 Å². The van der Waals surface area contributed by atoms with Crippen LogP contribution in [0.2, 0.25) is 0 Å². The fourth-order valence-electron chi connectivity index (χ4n) is 1.46. The molecule has 0 aliphatic heterocycles. The lowest BCUT2D eigenvalue weighted by Crippen LogP contribution is -2.59. The number of hydrogen-bond acceptors (Lipinski definition) is 2. The zero-order chi connectivity index (χ0) is 15.3. The first-order chi connectivity index (χ1) is 8.50. The molecule has 0 radical (unpaired) electrons. The first-order valence-corrected chi connectivity index (χ1v) is 6.80. The maximum absolute atomic E-state index is 11.8. The van der Waals surface area contributed by atoms with E-state index in [1.165, 1.54) is 0 Å². The van der Waals surface area contributed by atoms with Gasteiger partial charge in [0.15, 0.2) is 0 Å². The van der Waals surface area contributed by atoms with E-state index in [1.54, 1.807) is 27.7 Å². The molecule has 0 unspecified atom stereocenters. The Morgan fingerprint density at radius 2 is 1.68 bits per heavy atom. The van der Waals surface area contributed by atoms with Gasteiger partial charge in [-0.25, -0.2) is 4.79 Å². The van der Waals surface area contributed by atoms with E-state index < -0.39 is 16.9 Å². The summed E-state index contributed by atoms with van der Waals surface area (Å²) in [5, 5.41) is 14.7. The summed E-state index contributed by atoms with van der Waals surface area (Å²) in [6.07, 6.45) is 1.98. The first kappa shape index (κ1) is 17.7. The highest BCUT2D eigenvalue weighted by Crippen LogP contribution is 2.30. The van der Waals surface area contributed by atoms with Gasteiger partial charge in [0, 0.05) is 6.54 Å². The van der Waals surface area contributed by atoms with Crippen LogP contribution in [0.5, 0.6) is 0 Å². The van der Waals surface area contributed by atoms with Crippen LogP contribution < -0.4 is 10.6 Å². The molecule has 0 aromatic heterocycles. The van der Waals surface area contributed by atoms with Crippen molar-refractivity contribution in [1.29, 1.82) is 0 Å². The minimum Gasteiger partial charge on any atom is -0.481 e. The van der Waals surface area contributed by atoms with Crippen molar-refractivity contribution in [3.05, 3.63) is 0 Å². The van der Waals surface area contributed by atoms with Gasteiger partial charge in [-0.3, -0.25) is 4.79 Å². The van der Waals surface area contributed by atoms with Crippen LogP contribution in [0.15, 0.2) is 0 Å². The maximum Gasteiger partial charge on any atom is 0.315 e. The van der Waals surface area contributed by atoms with Gasteiger partial charge >= 0.3 is 12.0 Å². The molecule has 3 N–H and O–H groups in total. The Morgan fingerprint density at radius 1 is 1.16 bits per heavy atom. The third-order valence-corrected chi connectivity index (χ3v) is 3.77. The van der Waals surface area contributed by atoms with Crippen LogP contribution in [0.3, 0.4) is 0 Å². The normalized spacial score (nSPS) is 12.4. The van der Waals surface area contributed by atoms with Crippen LogP contribution in [0.1, 0.15) is 54.4 Å². The summed E-state index contributed by atoms with van der Waals surface area (Å²) in [5.41, 5.74) is -1.87. The molecule has 2 amide bonds. The second-order valence-electron chi connectivity index (χ2n) is 6.47. The summed E-state index contributed by atoms with van der Waals surface area (Å²) >= 11 is 0. The van der Waals surface area contributed by atoms with Crippen molar-refractivity contribution in [2.75, 3.05) is 6.54 Å². The molecule has 19 heavy (non-hydrogen) atoms. The quantitative estimate of drug-likeness (QED) is 0.623. The molecule has 0 saturated carbocycles. The van der Waals surface area contributed by atoms with Gasteiger partial charge in [-0.1, -0.05) is 13.8 Å². The van der Waals surface area contributed by atoms with E-state index in [2.05, 4.69) is 24.5 Å². The highest BCUT2D eigenvalue weighted by Gasteiger charge is 2.44. The molecule has 0 aliphatic carbocycles. The van der Waals surface area contributed by atoms with E-state index in [-0.39, 0.29) is 6.03 Å². The lowest BCUT2D eigenvalue weighted by molar-refractivity contribution is -0.150. The van der Waals surface area contributed by atoms with Gasteiger partial charge in [0.2, 0.25) is 0 Å². The molecule has 112 valence electrons. The second-order valence-corrected chi connectivity index (χ2v) is 6.47. The monoisotopic (exact) mass is 272 g/mol. The summed E-state index contributed by atoms with van der Waals surface area (Å²) in [6.45, 7) is 11.5. The van der Waals surface area contributed by atoms with Crippen molar-refractivity contribution in [3.63, 3.8) is 0 Å². The Kier molecular flexibility index (Phi) is 6.33. The topological polar surface area (TPSA) is 78.4 Å². The molecular formula is C14H28N2O3. The molecule has 5 heteroatoms. The number of amides is 2. The molecule has 0 heterocycles. The van der Waals surface area contributed by atoms with E-state index in [0.29, 0.717) is 12.5 Å². The second kappa shape index (κ2) is 6.78. The van der Waals surface area contributed by atoms with Gasteiger partial charge < -0.3 is 15.7 Å². The number of carbonyl (C=O) groups excluding carboxylic acids is 1. The molecule has 0 aliphatic rings. The minimum atomic E-state index is -1.04. The van der Waals surface area contributed by atoms with Gasteiger partial charge in [-0.05, 0) is 46.5 Å². The predicted molar refractivity (Wildman–Crippen MR) is 76.1 cm³/mol. The smallest absolute Gasteiger partial charge is 0.315 e. The van der Waals surface area contributed by atoms with Gasteiger partial charge in [0.1, 0.15) is 0 Å². The van der Waals surface area contributed by atoms with E-state index >= 15 is 0 Å². The van der Waals surface area contributed by atoms with E-state index in [0.717, 1.165) is 12.8 Å². The van der Waals surface area contributed by atoms with Crippen molar-refractivity contribution in [1.82, 2.24) is 10.6 Å². The summed E-state index contributed by atoms with van der Waals surface area (Å²) in [5.74, 6) is -0.315. The summed E-state index contributed by atoms with van der Waals surface area (Å²) in [6, 6.07) is -0.317. The van der Waals surface area contributed by atoms with Crippen LogP contribution >= 0.6 is 0 Å². The molecule has 0 atom stereocenters. The molecule has 0 aromatic rings. The molecule has 0 rings (SSSR count). The molecule has 5 nitrogen and oxygen atoms in total. The van der Waals surface area contributed by atoms with E-state index in [4.69, 9.17) is 0 Å².